The standard InChI is InChI=1S/C21H23FN4O2/c1-25(2)13-12-23-21(27)20-14-19(15-4-6-16(22)7-5-15)24-26(20)17-8-10-18(28-3)11-9-17/h4-11,14H,12-13H2,1-3H3,(H,23,27). The van der Waals surface area contributed by atoms with Gasteiger partial charge in [-0.25, -0.2) is 9.07 Å². The number of carbonyl (C=O) groups is 1. The average molecular weight is 382 g/mol. The third-order valence-electron chi connectivity index (χ3n) is 4.24. The zero-order valence-corrected chi connectivity index (χ0v) is 16.1. The summed E-state index contributed by atoms with van der Waals surface area (Å²) < 4.78 is 20.0. The van der Waals surface area contributed by atoms with Crippen LogP contribution in [0.15, 0.2) is 54.6 Å². The van der Waals surface area contributed by atoms with Gasteiger partial charge in [0.15, 0.2) is 0 Å². The molecule has 2 aromatic carbocycles. The highest BCUT2D eigenvalue weighted by molar-refractivity contribution is 5.94. The molecule has 0 aliphatic rings. The number of halogens is 1. The van der Waals surface area contributed by atoms with E-state index >= 15 is 0 Å². The maximum Gasteiger partial charge on any atom is 0.270 e. The lowest BCUT2D eigenvalue weighted by Gasteiger charge is -2.11. The highest BCUT2D eigenvalue weighted by Crippen LogP contribution is 2.23. The lowest BCUT2D eigenvalue weighted by atomic mass is 10.1. The maximum absolute atomic E-state index is 13.3. The summed E-state index contributed by atoms with van der Waals surface area (Å²) in [4.78, 5) is 14.8. The van der Waals surface area contributed by atoms with Crippen LogP contribution in [0.1, 0.15) is 10.5 Å². The molecule has 0 aliphatic carbocycles. The van der Waals surface area contributed by atoms with Crippen molar-refractivity contribution in [3.63, 3.8) is 0 Å². The van der Waals surface area contributed by atoms with E-state index in [0.717, 1.165) is 17.8 Å². The van der Waals surface area contributed by atoms with Gasteiger partial charge in [-0.3, -0.25) is 4.79 Å². The first-order chi connectivity index (χ1) is 13.5. The van der Waals surface area contributed by atoms with E-state index < -0.39 is 0 Å². The van der Waals surface area contributed by atoms with Gasteiger partial charge in [0.2, 0.25) is 0 Å². The first-order valence-corrected chi connectivity index (χ1v) is 8.91. The van der Waals surface area contributed by atoms with Crippen molar-refractivity contribution < 1.29 is 13.9 Å². The van der Waals surface area contributed by atoms with E-state index in [9.17, 15) is 9.18 Å². The second-order valence-electron chi connectivity index (χ2n) is 6.59. The van der Waals surface area contributed by atoms with E-state index in [1.54, 1.807) is 30.0 Å². The van der Waals surface area contributed by atoms with E-state index in [4.69, 9.17) is 4.74 Å². The molecule has 0 saturated carbocycles. The Labute approximate surface area is 163 Å². The molecule has 0 bridgehead atoms. The fraction of sp³-hybridized carbons (Fsp3) is 0.238. The minimum absolute atomic E-state index is 0.224. The number of aromatic nitrogens is 2. The highest BCUT2D eigenvalue weighted by Gasteiger charge is 2.17. The van der Waals surface area contributed by atoms with Crippen LogP contribution in [0.2, 0.25) is 0 Å². The molecule has 146 valence electrons. The van der Waals surface area contributed by atoms with Crippen LogP contribution >= 0.6 is 0 Å². The van der Waals surface area contributed by atoms with Gasteiger partial charge in [0, 0.05) is 18.7 Å². The molecule has 6 nitrogen and oxygen atoms in total. The lowest BCUT2D eigenvalue weighted by molar-refractivity contribution is 0.0943. The number of nitrogens with one attached hydrogen (secondary N) is 1. The van der Waals surface area contributed by atoms with Gasteiger partial charge >= 0.3 is 0 Å². The van der Waals surface area contributed by atoms with Crippen LogP contribution in [0.3, 0.4) is 0 Å². The Morgan fingerprint density at radius 1 is 1.14 bits per heavy atom. The number of hydrogen-bond acceptors (Lipinski definition) is 4. The van der Waals surface area contributed by atoms with Crippen molar-refractivity contribution in [3.05, 3.63) is 66.1 Å². The Morgan fingerprint density at radius 2 is 1.82 bits per heavy atom. The van der Waals surface area contributed by atoms with Crippen molar-refractivity contribution in [2.24, 2.45) is 0 Å². The van der Waals surface area contributed by atoms with Crippen LogP contribution in [0.4, 0.5) is 4.39 Å². The molecular weight excluding hydrogens is 359 g/mol. The summed E-state index contributed by atoms with van der Waals surface area (Å²) in [5.74, 6) is 0.171. The predicted molar refractivity (Wildman–Crippen MR) is 106 cm³/mol. The zero-order chi connectivity index (χ0) is 20.1. The van der Waals surface area contributed by atoms with Crippen LogP contribution < -0.4 is 10.1 Å². The Hall–Kier alpha value is -3.19. The van der Waals surface area contributed by atoms with Crippen LogP contribution in [-0.4, -0.2) is 54.9 Å². The summed E-state index contributed by atoms with van der Waals surface area (Å²) in [5.41, 5.74) is 2.46. The van der Waals surface area contributed by atoms with Crippen LogP contribution in [0.25, 0.3) is 16.9 Å². The predicted octanol–water partition coefficient (Wildman–Crippen LogP) is 2.98. The summed E-state index contributed by atoms with van der Waals surface area (Å²) in [6, 6.07) is 15.0. The number of hydrogen-bond donors (Lipinski definition) is 1. The third kappa shape index (κ3) is 4.55. The monoisotopic (exact) mass is 382 g/mol. The minimum Gasteiger partial charge on any atom is -0.497 e. The molecule has 1 aromatic heterocycles. The smallest absolute Gasteiger partial charge is 0.270 e. The van der Waals surface area contributed by atoms with Gasteiger partial charge in [0.05, 0.1) is 18.5 Å². The van der Waals surface area contributed by atoms with Crippen LogP contribution in [0.5, 0.6) is 5.75 Å². The number of amides is 1. The molecule has 7 heteroatoms. The number of nitrogens with zero attached hydrogens (tertiary/aromatic N) is 3. The van der Waals surface area contributed by atoms with E-state index in [1.807, 2.05) is 43.3 Å². The average Bonchev–Trinajstić information content (AvgIpc) is 3.14. The molecule has 0 fully saturated rings. The molecular formula is C21H23FN4O2. The zero-order valence-electron chi connectivity index (χ0n) is 16.1. The topological polar surface area (TPSA) is 59.4 Å². The van der Waals surface area contributed by atoms with E-state index in [-0.39, 0.29) is 11.7 Å². The molecule has 1 amide bonds. The molecule has 1 heterocycles. The lowest BCUT2D eigenvalue weighted by Crippen LogP contribution is -2.32. The first-order valence-electron chi connectivity index (χ1n) is 8.91. The van der Waals surface area contributed by atoms with Gasteiger partial charge in [-0.1, -0.05) is 0 Å². The van der Waals surface area contributed by atoms with Crippen LogP contribution in [0, 0.1) is 5.82 Å². The Morgan fingerprint density at radius 3 is 2.43 bits per heavy atom. The maximum atomic E-state index is 13.3. The number of likely N-dealkylation sites (N-methyl/N-ethyl adjacent to an activating group) is 1. The first kappa shape index (κ1) is 19.6. The molecule has 0 unspecified atom stereocenters. The van der Waals surface area contributed by atoms with Crippen LogP contribution in [-0.2, 0) is 0 Å². The van der Waals surface area contributed by atoms with Gasteiger partial charge in [-0.05, 0) is 68.7 Å². The van der Waals surface area contributed by atoms with Gasteiger partial charge in [-0.2, -0.15) is 5.10 Å². The summed E-state index contributed by atoms with van der Waals surface area (Å²) in [6.07, 6.45) is 0. The highest BCUT2D eigenvalue weighted by atomic mass is 19.1. The number of benzene rings is 2. The Balaban J connectivity index is 1.97. The second kappa shape index (κ2) is 8.67. The van der Waals surface area contributed by atoms with E-state index in [2.05, 4.69) is 10.4 Å². The largest absolute Gasteiger partial charge is 0.497 e. The molecule has 0 saturated heterocycles. The van der Waals surface area contributed by atoms with Crippen molar-refractivity contribution in [1.29, 1.82) is 0 Å². The summed E-state index contributed by atoms with van der Waals surface area (Å²) in [7, 11) is 5.49. The number of rotatable bonds is 7. The molecule has 0 spiro atoms. The fourth-order valence-electron chi connectivity index (χ4n) is 2.71. The van der Waals surface area contributed by atoms with E-state index in [0.29, 0.717) is 23.7 Å². The molecule has 0 radical (unpaired) electrons. The minimum atomic E-state index is -0.319. The summed E-state index contributed by atoms with van der Waals surface area (Å²) in [6.45, 7) is 1.25. The molecule has 0 atom stereocenters. The molecule has 3 aromatic rings. The molecule has 28 heavy (non-hydrogen) atoms. The van der Waals surface area contributed by atoms with Crippen molar-refractivity contribution in [1.82, 2.24) is 20.0 Å². The van der Waals surface area contributed by atoms with Gasteiger partial charge in [0.1, 0.15) is 17.3 Å². The van der Waals surface area contributed by atoms with Crippen molar-refractivity contribution >= 4 is 5.91 Å². The molecule has 1 N–H and O–H groups in total. The molecule has 3 rings (SSSR count). The third-order valence-corrected chi connectivity index (χ3v) is 4.24. The summed E-state index contributed by atoms with van der Waals surface area (Å²) in [5, 5.41) is 7.49. The summed E-state index contributed by atoms with van der Waals surface area (Å²) >= 11 is 0. The Kier molecular flexibility index (Phi) is 6.06. The SMILES string of the molecule is COc1ccc(-n2nc(-c3ccc(F)cc3)cc2C(=O)NCCN(C)C)cc1. The van der Waals surface area contributed by atoms with Crippen molar-refractivity contribution in [2.45, 2.75) is 0 Å². The Bertz CT molecular complexity index is 934. The normalized spacial score (nSPS) is 10.9. The van der Waals surface area contributed by atoms with Gasteiger partial charge in [0.25, 0.3) is 5.91 Å². The number of methoxy groups -OCH3 is 1. The van der Waals surface area contributed by atoms with E-state index in [1.165, 1.54) is 12.1 Å². The van der Waals surface area contributed by atoms with Gasteiger partial charge < -0.3 is 15.0 Å². The van der Waals surface area contributed by atoms with Crippen molar-refractivity contribution in [2.75, 3.05) is 34.3 Å². The quantitative estimate of drug-likeness (QED) is 0.683. The fourth-order valence-corrected chi connectivity index (χ4v) is 2.71. The molecule has 0 aliphatic heterocycles. The number of ether oxygens (including phenoxy) is 1. The van der Waals surface area contributed by atoms with Gasteiger partial charge in [-0.15, -0.1) is 0 Å². The second-order valence-corrected chi connectivity index (χ2v) is 6.59. The van der Waals surface area contributed by atoms with Crippen molar-refractivity contribution in [3.8, 4) is 22.7 Å². The number of carbonyl (C=O) groups excluding carboxylic acids is 1.